The lowest BCUT2D eigenvalue weighted by Crippen LogP contribution is -2.52. The average molecular weight is 870 g/mol. The summed E-state index contributed by atoms with van der Waals surface area (Å²) < 4.78 is 71.9. The number of carbonyl (C=O) groups is 2. The molecule has 0 bridgehead atoms. The molecule has 0 spiro atoms. The van der Waals surface area contributed by atoms with Crippen LogP contribution < -0.4 is 19.7 Å². The minimum Gasteiger partial charge on any atom is -0.489 e. The Hall–Kier alpha value is -4.79. The van der Waals surface area contributed by atoms with Gasteiger partial charge < -0.3 is 28.7 Å². The molecule has 3 atom stereocenters. The number of rotatable bonds is 6. The van der Waals surface area contributed by atoms with Crippen LogP contribution >= 0.6 is 22.9 Å². The van der Waals surface area contributed by atoms with E-state index in [4.69, 9.17) is 35.5 Å². The van der Waals surface area contributed by atoms with Crippen molar-refractivity contribution in [3.63, 3.8) is 0 Å². The van der Waals surface area contributed by atoms with Crippen molar-refractivity contribution in [2.75, 3.05) is 56.2 Å². The maximum Gasteiger partial charge on any atom is 0.412 e. The molecule has 60 heavy (non-hydrogen) atoms. The van der Waals surface area contributed by atoms with Gasteiger partial charge in [-0.2, -0.15) is 15.2 Å². The van der Waals surface area contributed by atoms with Gasteiger partial charge in [0.1, 0.15) is 58.8 Å². The molecule has 1 N–H and O–H groups in total. The van der Waals surface area contributed by atoms with Crippen LogP contribution in [0.3, 0.4) is 0 Å². The minimum absolute atomic E-state index is 0.00594. The summed E-state index contributed by atoms with van der Waals surface area (Å²) in [6.45, 7) is 12.7. The fraction of sp³-hybridized carbons (Fsp3) is 0.548. The summed E-state index contributed by atoms with van der Waals surface area (Å²) in [7, 11) is 0. The standard InChI is InChI=1S/C42H47ClF3N7O6S/c1-40(2,3)58-38(54)50-36-25(18-47)27-24(10-11-26(45)34(27)60-36)28-30(43)33-29-32(31(28)46)48-37(57-21-42-12-8-14-52(42)19-22(44)17-42)49-35(29)53(15-16-56-33)23-9-7-13-51(20-23)39(55)59-41(4,5)6/h10-11,22-23H,7-9,12-17,19-21H2,1-6H3,(H,50,54)/t22-,23?,42+/m1/s1. The maximum absolute atomic E-state index is 17.7. The summed E-state index contributed by atoms with van der Waals surface area (Å²) in [5.41, 5.74) is -2.59. The number of benzene rings is 2. The Balaban J connectivity index is 1.28. The van der Waals surface area contributed by atoms with E-state index in [9.17, 15) is 19.2 Å². The molecule has 4 aliphatic rings. The van der Waals surface area contributed by atoms with E-state index < -0.39 is 46.7 Å². The van der Waals surface area contributed by atoms with Crippen molar-refractivity contribution in [3.8, 4) is 29.0 Å². The maximum atomic E-state index is 17.7. The molecular weight excluding hydrogens is 823 g/mol. The number of alkyl halides is 1. The predicted molar refractivity (Wildman–Crippen MR) is 222 cm³/mol. The van der Waals surface area contributed by atoms with E-state index in [0.717, 1.165) is 36.8 Å². The molecule has 4 aliphatic heterocycles. The number of halogens is 4. The summed E-state index contributed by atoms with van der Waals surface area (Å²) in [6, 6.07) is 4.07. The van der Waals surface area contributed by atoms with Crippen LogP contribution in [0.25, 0.3) is 32.1 Å². The van der Waals surface area contributed by atoms with Gasteiger partial charge in [-0.15, -0.1) is 11.3 Å². The smallest absolute Gasteiger partial charge is 0.412 e. The third-order valence-electron chi connectivity index (χ3n) is 11.3. The summed E-state index contributed by atoms with van der Waals surface area (Å²) >= 11 is 7.99. The quantitative estimate of drug-likeness (QED) is 0.198. The van der Waals surface area contributed by atoms with Crippen molar-refractivity contribution in [1.82, 2.24) is 19.8 Å². The van der Waals surface area contributed by atoms with Crippen LogP contribution in [-0.4, -0.2) is 107 Å². The zero-order valence-electron chi connectivity index (χ0n) is 34.3. The number of likely N-dealkylation sites (tertiary alicyclic amines) is 1. The predicted octanol–water partition coefficient (Wildman–Crippen LogP) is 9.22. The molecule has 18 heteroatoms. The fourth-order valence-corrected chi connectivity index (χ4v) is 10.3. The summed E-state index contributed by atoms with van der Waals surface area (Å²) in [5.74, 6) is -1.26. The Kier molecular flexibility index (Phi) is 10.9. The van der Waals surface area contributed by atoms with Gasteiger partial charge in [0.05, 0.1) is 32.8 Å². The highest BCUT2D eigenvalue weighted by molar-refractivity contribution is 7.23. The summed E-state index contributed by atoms with van der Waals surface area (Å²) in [4.78, 5) is 41.3. The molecular formula is C42H47ClF3N7O6S. The number of nitrogens with zero attached hydrogens (tertiary/aromatic N) is 6. The van der Waals surface area contributed by atoms with E-state index in [1.807, 2.05) is 4.90 Å². The number of amides is 2. The van der Waals surface area contributed by atoms with Crippen molar-refractivity contribution in [2.45, 2.75) is 103 Å². The van der Waals surface area contributed by atoms with Gasteiger partial charge in [-0.05, 0) is 85.4 Å². The number of ether oxygens (including phenoxy) is 4. The Morgan fingerprint density at radius 3 is 2.57 bits per heavy atom. The highest BCUT2D eigenvalue weighted by Crippen LogP contribution is 2.51. The molecule has 4 aromatic rings. The first-order valence-corrected chi connectivity index (χ1v) is 21.3. The van der Waals surface area contributed by atoms with Gasteiger partial charge in [0.25, 0.3) is 0 Å². The molecule has 2 aromatic carbocycles. The van der Waals surface area contributed by atoms with E-state index in [1.165, 1.54) is 6.07 Å². The van der Waals surface area contributed by atoms with E-state index in [1.54, 1.807) is 46.4 Å². The number of hydrogen-bond acceptors (Lipinski definition) is 12. The zero-order chi connectivity index (χ0) is 42.9. The van der Waals surface area contributed by atoms with E-state index in [2.05, 4.69) is 21.3 Å². The van der Waals surface area contributed by atoms with Gasteiger partial charge in [-0.3, -0.25) is 10.2 Å². The molecule has 8 rings (SSSR count). The largest absolute Gasteiger partial charge is 0.489 e. The van der Waals surface area contributed by atoms with Crippen LogP contribution in [0, 0.1) is 23.0 Å². The monoisotopic (exact) mass is 869 g/mol. The van der Waals surface area contributed by atoms with Gasteiger partial charge >= 0.3 is 18.2 Å². The number of nitrogens with one attached hydrogen (secondary N) is 1. The molecule has 1 unspecified atom stereocenters. The molecule has 0 aliphatic carbocycles. The van der Waals surface area contributed by atoms with Crippen molar-refractivity contribution in [2.24, 2.45) is 0 Å². The molecule has 0 saturated carbocycles. The topological polar surface area (TPSA) is 142 Å². The number of carbonyl (C=O) groups excluding carboxylic acids is 2. The van der Waals surface area contributed by atoms with Crippen LogP contribution in [-0.2, 0) is 9.47 Å². The first-order valence-electron chi connectivity index (χ1n) is 20.1. The van der Waals surface area contributed by atoms with Crippen molar-refractivity contribution < 1.29 is 41.7 Å². The second kappa shape index (κ2) is 15.6. The number of piperidine rings is 1. The highest BCUT2D eigenvalue weighted by Gasteiger charge is 2.49. The van der Waals surface area contributed by atoms with Crippen LogP contribution in [0.5, 0.6) is 11.8 Å². The number of hydrogen-bond donors (Lipinski definition) is 1. The first kappa shape index (κ1) is 41.9. The lowest BCUT2D eigenvalue weighted by atomic mass is 9.95. The SMILES string of the molecule is CC(C)(C)OC(=O)Nc1sc2c(F)ccc(-c3c(Cl)c4c5c(nc(OC[C@@]67CCCN6C[C@H](F)C7)nc5c3F)N(C3CCCN(C(=O)OC(C)(C)C)C3)CCO4)c2c1C#N. The number of aromatic nitrogens is 2. The second-order valence-corrected chi connectivity index (χ2v) is 19.3. The summed E-state index contributed by atoms with van der Waals surface area (Å²) in [5, 5.41) is 13.0. The van der Waals surface area contributed by atoms with Crippen LogP contribution in [0.15, 0.2) is 12.1 Å². The molecule has 0 radical (unpaired) electrons. The van der Waals surface area contributed by atoms with Gasteiger partial charge in [0.2, 0.25) is 0 Å². The van der Waals surface area contributed by atoms with Crippen molar-refractivity contribution >= 4 is 66.9 Å². The van der Waals surface area contributed by atoms with Crippen LogP contribution in [0.4, 0.5) is 33.6 Å². The summed E-state index contributed by atoms with van der Waals surface area (Å²) in [6.07, 6.45) is 0.926. The van der Waals surface area contributed by atoms with Crippen LogP contribution in [0.2, 0.25) is 5.02 Å². The molecule has 3 saturated heterocycles. The van der Waals surface area contributed by atoms with E-state index in [0.29, 0.717) is 38.9 Å². The van der Waals surface area contributed by atoms with Gasteiger partial charge in [-0.1, -0.05) is 17.7 Å². The molecule has 2 amide bonds. The van der Waals surface area contributed by atoms with Gasteiger partial charge in [0, 0.05) is 43.0 Å². The molecule has 3 fully saturated rings. The number of nitriles is 1. The van der Waals surface area contributed by atoms with Gasteiger partial charge in [-0.25, -0.2) is 22.8 Å². The Morgan fingerprint density at radius 1 is 1.07 bits per heavy atom. The molecule has 320 valence electrons. The van der Waals surface area contributed by atoms with E-state index in [-0.39, 0.29) is 91.1 Å². The second-order valence-electron chi connectivity index (χ2n) is 17.9. The zero-order valence-corrected chi connectivity index (χ0v) is 35.9. The first-order chi connectivity index (χ1) is 28.4. The normalized spacial score (nSPS) is 22.0. The Morgan fingerprint density at radius 2 is 1.83 bits per heavy atom. The lowest BCUT2D eigenvalue weighted by Gasteiger charge is -2.40. The Bertz CT molecular complexity index is 2430. The third kappa shape index (κ3) is 7.82. The number of fused-ring (bicyclic) bond motifs is 2. The van der Waals surface area contributed by atoms with Crippen molar-refractivity contribution in [1.29, 1.82) is 5.26 Å². The van der Waals surface area contributed by atoms with Crippen molar-refractivity contribution in [3.05, 3.63) is 34.4 Å². The average Bonchev–Trinajstić information content (AvgIpc) is 3.78. The third-order valence-corrected chi connectivity index (χ3v) is 12.8. The Labute approximate surface area is 354 Å². The highest BCUT2D eigenvalue weighted by atomic mass is 35.5. The number of anilines is 2. The van der Waals surface area contributed by atoms with Crippen LogP contribution in [0.1, 0.15) is 79.2 Å². The molecule has 13 nitrogen and oxygen atoms in total. The van der Waals surface area contributed by atoms with Gasteiger partial charge in [0.15, 0.2) is 11.6 Å². The lowest BCUT2D eigenvalue weighted by molar-refractivity contribution is 0.0197. The van der Waals surface area contributed by atoms with E-state index >= 15 is 8.78 Å². The molecule has 6 heterocycles. The minimum atomic E-state index is -1.00. The fourth-order valence-electron chi connectivity index (χ4n) is 8.91. The number of thiophene rings is 1. The molecule has 2 aromatic heterocycles.